The molecule has 0 amide bonds. The van der Waals surface area contributed by atoms with Gasteiger partial charge in [0.15, 0.2) is 11.5 Å². The molecule has 2 rings (SSSR count). The van der Waals surface area contributed by atoms with Gasteiger partial charge in [-0.3, -0.25) is 0 Å². The van der Waals surface area contributed by atoms with Crippen LogP contribution in [0.2, 0.25) is 0 Å². The molecule has 5 nitrogen and oxygen atoms in total. The first-order valence-corrected chi connectivity index (χ1v) is 12.1. The van der Waals surface area contributed by atoms with Crippen molar-refractivity contribution in [2.75, 3.05) is 13.7 Å². The third kappa shape index (κ3) is 7.82. The number of hydrogen-bond donors (Lipinski definition) is 0. The summed E-state index contributed by atoms with van der Waals surface area (Å²) in [6.45, 7) is 4.77. The second-order valence-corrected chi connectivity index (χ2v) is 9.04. The van der Waals surface area contributed by atoms with Gasteiger partial charge in [-0.2, -0.15) is 12.8 Å². The first kappa shape index (κ1) is 23.9. The highest BCUT2D eigenvalue weighted by molar-refractivity contribution is 7.90. The molecule has 0 heterocycles. The fourth-order valence-electron chi connectivity index (χ4n) is 3.03. The fraction of sp³-hybridized carbons (Fsp3) is 0.458. The number of unbranched alkanes of at least 4 members (excludes halogenated alkanes) is 6. The molecular formula is C24H33NO4S. The lowest BCUT2D eigenvalue weighted by atomic mass is 10.1. The summed E-state index contributed by atoms with van der Waals surface area (Å²) in [4.78, 5) is 0.172. The SMILES string of the molecule is CCCCCCCCCOc1ccc(/C=N\S(=O)(=O)c2ccc(C)cc2)cc1OC. The topological polar surface area (TPSA) is 65.0 Å². The van der Waals surface area contributed by atoms with E-state index in [0.717, 1.165) is 18.4 Å². The molecule has 6 heteroatoms. The highest BCUT2D eigenvalue weighted by atomic mass is 32.2. The van der Waals surface area contributed by atoms with E-state index in [1.807, 2.05) is 6.92 Å². The van der Waals surface area contributed by atoms with Crippen molar-refractivity contribution in [2.45, 2.75) is 63.7 Å². The van der Waals surface area contributed by atoms with E-state index >= 15 is 0 Å². The largest absolute Gasteiger partial charge is 0.493 e. The summed E-state index contributed by atoms with van der Waals surface area (Å²) in [6.07, 6.45) is 9.92. The summed E-state index contributed by atoms with van der Waals surface area (Å²) in [5.41, 5.74) is 1.63. The van der Waals surface area contributed by atoms with Crippen molar-refractivity contribution in [1.29, 1.82) is 0 Å². The van der Waals surface area contributed by atoms with Gasteiger partial charge in [-0.15, -0.1) is 0 Å². The number of hydrogen-bond acceptors (Lipinski definition) is 4. The van der Waals surface area contributed by atoms with E-state index in [9.17, 15) is 8.42 Å². The lowest BCUT2D eigenvalue weighted by molar-refractivity contribution is 0.284. The first-order chi connectivity index (χ1) is 14.5. The number of sulfonamides is 1. The molecule has 0 saturated carbocycles. The molecule has 0 N–H and O–H groups in total. The van der Waals surface area contributed by atoms with Crippen LogP contribution < -0.4 is 9.47 Å². The standard InChI is InChI=1S/C24H33NO4S/c1-4-5-6-7-8-9-10-17-29-23-16-13-21(18-24(23)28-3)19-25-30(26,27)22-14-11-20(2)12-15-22/h11-16,18-19H,4-10,17H2,1-3H3/b25-19-. The van der Waals surface area contributed by atoms with Gasteiger partial charge in [0.2, 0.25) is 0 Å². The van der Waals surface area contributed by atoms with Gasteiger partial charge in [0, 0.05) is 6.21 Å². The maximum absolute atomic E-state index is 12.4. The fourth-order valence-corrected chi connectivity index (χ4v) is 3.89. The van der Waals surface area contributed by atoms with E-state index in [1.165, 1.54) is 38.3 Å². The van der Waals surface area contributed by atoms with Crippen LogP contribution in [0.15, 0.2) is 51.8 Å². The smallest absolute Gasteiger partial charge is 0.282 e. The third-order valence-electron chi connectivity index (χ3n) is 4.85. The molecule has 0 aliphatic carbocycles. The van der Waals surface area contributed by atoms with Crippen LogP contribution in [0.5, 0.6) is 11.5 Å². The van der Waals surface area contributed by atoms with Gasteiger partial charge in [0.1, 0.15) is 0 Å². The molecule has 0 aliphatic rings. The molecule has 0 atom stereocenters. The predicted molar refractivity (Wildman–Crippen MR) is 122 cm³/mol. The van der Waals surface area contributed by atoms with E-state index in [4.69, 9.17) is 9.47 Å². The van der Waals surface area contributed by atoms with Crippen molar-refractivity contribution in [3.63, 3.8) is 0 Å². The summed E-state index contributed by atoms with van der Waals surface area (Å²) < 4.78 is 39.8. The minimum Gasteiger partial charge on any atom is -0.493 e. The van der Waals surface area contributed by atoms with Gasteiger partial charge in [-0.25, -0.2) is 0 Å². The second kappa shape index (κ2) is 12.4. The van der Waals surface area contributed by atoms with Gasteiger partial charge in [0.25, 0.3) is 10.0 Å². The Balaban J connectivity index is 1.91. The van der Waals surface area contributed by atoms with Gasteiger partial charge in [-0.05, 0) is 49.2 Å². The number of rotatable bonds is 13. The molecule has 0 aromatic heterocycles. The Morgan fingerprint density at radius 3 is 2.23 bits per heavy atom. The summed E-state index contributed by atoms with van der Waals surface area (Å²) in [5.74, 6) is 1.22. The quantitative estimate of drug-likeness (QED) is 0.291. The maximum atomic E-state index is 12.4. The number of benzene rings is 2. The van der Waals surface area contributed by atoms with Crippen LogP contribution in [-0.2, 0) is 10.0 Å². The number of aryl methyl sites for hydroxylation is 1. The predicted octanol–water partition coefficient (Wildman–Crippen LogP) is 5.94. The Bertz CT molecular complexity index is 905. The molecule has 30 heavy (non-hydrogen) atoms. The Morgan fingerprint density at radius 1 is 0.900 bits per heavy atom. The van der Waals surface area contributed by atoms with Crippen LogP contribution in [0.25, 0.3) is 0 Å². The lowest BCUT2D eigenvalue weighted by Gasteiger charge is -2.11. The Morgan fingerprint density at radius 2 is 1.57 bits per heavy atom. The zero-order chi connectivity index (χ0) is 21.8. The van der Waals surface area contributed by atoms with Crippen molar-refractivity contribution in [3.8, 4) is 11.5 Å². The van der Waals surface area contributed by atoms with Crippen LogP contribution in [0.4, 0.5) is 0 Å². The molecular weight excluding hydrogens is 398 g/mol. The molecule has 2 aromatic carbocycles. The molecule has 0 saturated heterocycles. The minimum atomic E-state index is -3.74. The van der Waals surface area contributed by atoms with Crippen molar-refractivity contribution in [3.05, 3.63) is 53.6 Å². The summed E-state index contributed by atoms with van der Waals surface area (Å²) in [5, 5.41) is 0. The van der Waals surface area contributed by atoms with E-state index < -0.39 is 10.0 Å². The van der Waals surface area contributed by atoms with Crippen molar-refractivity contribution in [1.82, 2.24) is 0 Å². The third-order valence-corrected chi connectivity index (χ3v) is 6.10. The van der Waals surface area contributed by atoms with Crippen molar-refractivity contribution < 1.29 is 17.9 Å². The average molecular weight is 432 g/mol. The summed E-state index contributed by atoms with van der Waals surface area (Å²) >= 11 is 0. The van der Waals surface area contributed by atoms with Crippen molar-refractivity contribution >= 4 is 16.2 Å². The molecule has 0 unspecified atom stereocenters. The van der Waals surface area contributed by atoms with E-state index in [2.05, 4.69) is 11.3 Å². The van der Waals surface area contributed by atoms with Gasteiger partial charge in [-0.1, -0.05) is 63.1 Å². The van der Waals surface area contributed by atoms with Crippen LogP contribution >= 0.6 is 0 Å². The van der Waals surface area contributed by atoms with Crippen LogP contribution in [0.1, 0.15) is 63.0 Å². The zero-order valence-electron chi connectivity index (χ0n) is 18.3. The van der Waals surface area contributed by atoms with Crippen LogP contribution in [-0.4, -0.2) is 28.3 Å². The average Bonchev–Trinajstić information content (AvgIpc) is 2.75. The minimum absolute atomic E-state index is 0.172. The zero-order valence-corrected chi connectivity index (χ0v) is 19.1. The maximum Gasteiger partial charge on any atom is 0.282 e. The number of methoxy groups -OCH3 is 1. The molecule has 0 radical (unpaired) electrons. The Labute approximate surface area is 181 Å². The van der Waals surface area contributed by atoms with Gasteiger partial charge >= 0.3 is 0 Å². The lowest BCUT2D eigenvalue weighted by Crippen LogP contribution is -2.01. The molecule has 2 aromatic rings. The number of ether oxygens (including phenoxy) is 2. The highest BCUT2D eigenvalue weighted by Crippen LogP contribution is 2.28. The molecule has 0 aliphatic heterocycles. The summed E-state index contributed by atoms with van der Waals surface area (Å²) in [6, 6.07) is 11.9. The van der Waals surface area contributed by atoms with Gasteiger partial charge in [0.05, 0.1) is 18.6 Å². The monoisotopic (exact) mass is 431 g/mol. The van der Waals surface area contributed by atoms with Crippen LogP contribution in [0.3, 0.4) is 0 Å². The molecule has 0 bridgehead atoms. The summed E-state index contributed by atoms with van der Waals surface area (Å²) in [7, 11) is -2.17. The van der Waals surface area contributed by atoms with Gasteiger partial charge < -0.3 is 9.47 Å². The Hall–Kier alpha value is -2.34. The first-order valence-electron chi connectivity index (χ1n) is 10.6. The normalized spacial score (nSPS) is 11.7. The van der Waals surface area contributed by atoms with Crippen LogP contribution in [0, 0.1) is 6.92 Å². The van der Waals surface area contributed by atoms with E-state index in [1.54, 1.807) is 49.6 Å². The van der Waals surface area contributed by atoms with Crippen molar-refractivity contribution in [2.24, 2.45) is 4.40 Å². The Kier molecular flexibility index (Phi) is 9.87. The second-order valence-electron chi connectivity index (χ2n) is 7.40. The van der Waals surface area contributed by atoms with E-state index in [0.29, 0.717) is 23.7 Å². The molecule has 164 valence electrons. The molecule has 0 fully saturated rings. The van der Waals surface area contributed by atoms with E-state index in [-0.39, 0.29) is 4.90 Å². The highest BCUT2D eigenvalue weighted by Gasteiger charge is 2.11. The number of nitrogens with zero attached hydrogens (tertiary/aromatic N) is 1. The molecule has 0 spiro atoms.